The first kappa shape index (κ1) is 15.4. The molecule has 6 nitrogen and oxygen atoms in total. The first-order valence-electron chi connectivity index (χ1n) is 6.25. The van der Waals surface area contributed by atoms with Crippen LogP contribution in [-0.2, 0) is 19.9 Å². The fraction of sp³-hybridized carbons (Fsp3) is 0.500. The molecule has 0 radical (unpaired) electrons. The highest BCUT2D eigenvalue weighted by Crippen LogP contribution is 2.24. The van der Waals surface area contributed by atoms with Crippen molar-refractivity contribution in [2.45, 2.75) is 22.8 Å². The number of hydrogen-bond acceptors (Lipinski definition) is 5. The van der Waals surface area contributed by atoms with Crippen molar-refractivity contribution >= 4 is 19.9 Å². The van der Waals surface area contributed by atoms with Gasteiger partial charge in [0.15, 0.2) is 9.84 Å². The van der Waals surface area contributed by atoms with Crippen LogP contribution in [-0.4, -0.2) is 53.1 Å². The van der Waals surface area contributed by atoms with Crippen LogP contribution in [0.25, 0.3) is 0 Å². The molecule has 2 rings (SSSR count). The van der Waals surface area contributed by atoms with Crippen LogP contribution >= 0.6 is 0 Å². The summed E-state index contributed by atoms with van der Waals surface area (Å²) in [5.41, 5.74) is 0. The van der Waals surface area contributed by atoms with Crippen LogP contribution < -0.4 is 5.32 Å². The summed E-state index contributed by atoms with van der Waals surface area (Å²) in [5, 5.41) is 3.16. The quantitative estimate of drug-likeness (QED) is 0.853. The molecule has 0 spiro atoms. The van der Waals surface area contributed by atoms with Crippen LogP contribution in [0.3, 0.4) is 0 Å². The normalized spacial score (nSPS) is 21.8. The number of nitrogens with one attached hydrogen (secondary N) is 1. The summed E-state index contributed by atoms with van der Waals surface area (Å²) in [5.74, 6) is 0. The second kappa shape index (κ2) is 5.44. The van der Waals surface area contributed by atoms with Crippen molar-refractivity contribution in [3.63, 3.8) is 0 Å². The zero-order chi connectivity index (χ0) is 15.0. The Morgan fingerprint density at radius 3 is 2.30 bits per heavy atom. The van der Waals surface area contributed by atoms with Gasteiger partial charge in [0.25, 0.3) is 0 Å². The summed E-state index contributed by atoms with van der Waals surface area (Å²) >= 11 is 0. The Bertz CT molecular complexity index is 698. The first-order chi connectivity index (χ1) is 9.23. The molecule has 20 heavy (non-hydrogen) atoms. The van der Waals surface area contributed by atoms with E-state index >= 15 is 0 Å². The molecule has 0 aromatic heterocycles. The number of hydrogen-bond donors (Lipinski definition) is 1. The number of benzene rings is 1. The predicted molar refractivity (Wildman–Crippen MR) is 75.8 cm³/mol. The third-order valence-electron chi connectivity index (χ3n) is 3.20. The Kier molecular flexibility index (Phi) is 4.19. The van der Waals surface area contributed by atoms with Gasteiger partial charge in [-0.2, -0.15) is 4.31 Å². The maximum absolute atomic E-state index is 12.6. The topological polar surface area (TPSA) is 83.6 Å². The zero-order valence-corrected chi connectivity index (χ0v) is 13.0. The molecule has 1 atom stereocenters. The second-order valence-corrected chi connectivity index (χ2v) is 8.83. The van der Waals surface area contributed by atoms with E-state index in [4.69, 9.17) is 0 Å². The van der Waals surface area contributed by atoms with E-state index in [-0.39, 0.29) is 15.8 Å². The van der Waals surface area contributed by atoms with Crippen molar-refractivity contribution < 1.29 is 16.8 Å². The third kappa shape index (κ3) is 3.03. The molecule has 1 aromatic carbocycles. The van der Waals surface area contributed by atoms with Gasteiger partial charge in [-0.3, -0.25) is 0 Å². The Balaban J connectivity index is 2.50. The van der Waals surface area contributed by atoms with E-state index in [1.54, 1.807) is 0 Å². The number of sulfonamides is 1. The smallest absolute Gasteiger partial charge is 0.244 e. The Morgan fingerprint density at radius 2 is 1.75 bits per heavy atom. The van der Waals surface area contributed by atoms with Crippen molar-refractivity contribution in [3.05, 3.63) is 24.3 Å². The Labute approximate surface area is 119 Å². The minimum Gasteiger partial charge on any atom is -0.312 e. The SMILES string of the molecule is CC1CN(S(=O)(=O)c2ccccc2S(C)(=O)=O)CCN1. The van der Waals surface area contributed by atoms with Gasteiger partial charge in [0.1, 0.15) is 4.90 Å². The van der Waals surface area contributed by atoms with E-state index in [9.17, 15) is 16.8 Å². The van der Waals surface area contributed by atoms with Gasteiger partial charge in [-0.25, -0.2) is 16.8 Å². The van der Waals surface area contributed by atoms with Crippen molar-refractivity contribution in [3.8, 4) is 0 Å². The highest BCUT2D eigenvalue weighted by Gasteiger charge is 2.32. The maximum atomic E-state index is 12.6. The second-order valence-electron chi connectivity index (χ2n) is 4.94. The molecule has 1 aliphatic rings. The minimum atomic E-state index is -3.79. The van der Waals surface area contributed by atoms with Gasteiger partial charge in [-0.1, -0.05) is 12.1 Å². The highest BCUT2D eigenvalue weighted by atomic mass is 32.2. The molecule has 8 heteroatoms. The van der Waals surface area contributed by atoms with Gasteiger partial charge in [0, 0.05) is 31.9 Å². The molecule has 1 fully saturated rings. The van der Waals surface area contributed by atoms with Crippen LogP contribution in [0, 0.1) is 0 Å². The largest absolute Gasteiger partial charge is 0.312 e. The van der Waals surface area contributed by atoms with Crippen molar-refractivity contribution in [2.24, 2.45) is 0 Å². The highest BCUT2D eigenvalue weighted by molar-refractivity contribution is 7.93. The first-order valence-corrected chi connectivity index (χ1v) is 9.58. The summed E-state index contributed by atoms with van der Waals surface area (Å²) in [6, 6.07) is 5.78. The molecule has 1 aliphatic heterocycles. The summed E-state index contributed by atoms with van der Waals surface area (Å²) in [6.07, 6.45) is 1.02. The number of piperazine rings is 1. The molecule has 112 valence electrons. The number of sulfone groups is 1. The molecule has 0 amide bonds. The molecule has 0 saturated carbocycles. The average Bonchev–Trinajstić information content (AvgIpc) is 2.38. The van der Waals surface area contributed by atoms with Gasteiger partial charge >= 0.3 is 0 Å². The average molecular weight is 318 g/mol. The number of nitrogens with zero attached hydrogens (tertiary/aromatic N) is 1. The molecular weight excluding hydrogens is 300 g/mol. The lowest BCUT2D eigenvalue weighted by molar-refractivity contribution is 0.309. The van der Waals surface area contributed by atoms with Gasteiger partial charge in [0.2, 0.25) is 10.0 Å². The van der Waals surface area contributed by atoms with Gasteiger partial charge in [-0.15, -0.1) is 0 Å². The monoisotopic (exact) mass is 318 g/mol. The van der Waals surface area contributed by atoms with Crippen LogP contribution in [0.2, 0.25) is 0 Å². The van der Waals surface area contributed by atoms with Crippen LogP contribution in [0.15, 0.2) is 34.1 Å². The molecule has 1 N–H and O–H groups in total. The van der Waals surface area contributed by atoms with E-state index in [0.29, 0.717) is 19.6 Å². The van der Waals surface area contributed by atoms with E-state index in [1.165, 1.54) is 28.6 Å². The maximum Gasteiger partial charge on any atom is 0.244 e. The fourth-order valence-electron chi connectivity index (χ4n) is 2.22. The molecule has 1 unspecified atom stereocenters. The fourth-order valence-corrected chi connectivity index (χ4v) is 5.36. The standard InChI is InChI=1S/C12H18N2O4S2/c1-10-9-14(8-7-13-10)20(17,18)12-6-4-3-5-11(12)19(2,15)16/h3-6,10,13H,7-9H2,1-2H3. The van der Waals surface area contributed by atoms with Gasteiger partial charge < -0.3 is 5.32 Å². The predicted octanol–water partition coefficient (Wildman–Crippen LogP) is 0.0725. The minimum absolute atomic E-state index is 0.0453. The lowest BCUT2D eigenvalue weighted by Gasteiger charge is -2.31. The molecule has 1 heterocycles. The molecular formula is C12H18N2O4S2. The van der Waals surface area contributed by atoms with Crippen molar-refractivity contribution in [1.82, 2.24) is 9.62 Å². The lowest BCUT2D eigenvalue weighted by atomic mass is 10.3. The summed E-state index contributed by atoms with van der Waals surface area (Å²) in [7, 11) is -7.38. The Hall–Kier alpha value is -0.960. The lowest BCUT2D eigenvalue weighted by Crippen LogP contribution is -2.51. The molecule has 0 bridgehead atoms. The van der Waals surface area contributed by atoms with Crippen molar-refractivity contribution in [1.29, 1.82) is 0 Å². The molecule has 1 aromatic rings. The van der Waals surface area contributed by atoms with E-state index < -0.39 is 19.9 Å². The van der Waals surface area contributed by atoms with Crippen LogP contribution in [0.1, 0.15) is 6.92 Å². The van der Waals surface area contributed by atoms with E-state index in [1.807, 2.05) is 6.92 Å². The van der Waals surface area contributed by atoms with E-state index in [2.05, 4.69) is 5.32 Å². The summed E-state index contributed by atoms with van der Waals surface area (Å²) in [6.45, 7) is 3.12. The zero-order valence-electron chi connectivity index (χ0n) is 11.4. The summed E-state index contributed by atoms with van der Waals surface area (Å²) in [4.78, 5) is -0.289. The molecule has 1 saturated heterocycles. The van der Waals surface area contributed by atoms with E-state index in [0.717, 1.165) is 6.26 Å². The van der Waals surface area contributed by atoms with Crippen LogP contribution in [0.5, 0.6) is 0 Å². The summed E-state index contributed by atoms with van der Waals surface area (Å²) < 4.78 is 50.1. The van der Waals surface area contributed by atoms with Crippen LogP contribution in [0.4, 0.5) is 0 Å². The van der Waals surface area contributed by atoms with Gasteiger partial charge in [0.05, 0.1) is 4.90 Å². The van der Waals surface area contributed by atoms with Crippen molar-refractivity contribution in [2.75, 3.05) is 25.9 Å². The molecule has 0 aliphatic carbocycles. The third-order valence-corrected chi connectivity index (χ3v) is 6.41. The number of rotatable bonds is 3. The van der Waals surface area contributed by atoms with Gasteiger partial charge in [-0.05, 0) is 19.1 Å². The Morgan fingerprint density at radius 1 is 1.15 bits per heavy atom.